The van der Waals surface area contributed by atoms with Crippen molar-refractivity contribution >= 4 is 11.8 Å². The van der Waals surface area contributed by atoms with E-state index in [0.717, 1.165) is 0 Å². The lowest BCUT2D eigenvalue weighted by molar-refractivity contribution is -0.125. The van der Waals surface area contributed by atoms with E-state index in [1.54, 1.807) is 7.05 Å². The third-order valence-electron chi connectivity index (χ3n) is 1.96. The van der Waals surface area contributed by atoms with Crippen LogP contribution in [0.2, 0.25) is 0 Å². The van der Waals surface area contributed by atoms with Gasteiger partial charge in [-0.1, -0.05) is 0 Å². The second-order valence-electron chi connectivity index (χ2n) is 3.04. The summed E-state index contributed by atoms with van der Waals surface area (Å²) >= 11 is 0. The van der Waals surface area contributed by atoms with Crippen LogP contribution in [0.15, 0.2) is 11.5 Å². The second-order valence-corrected chi connectivity index (χ2v) is 3.04. The van der Waals surface area contributed by atoms with Gasteiger partial charge in [-0.2, -0.15) is 0 Å². The summed E-state index contributed by atoms with van der Waals surface area (Å²) in [5.41, 5.74) is 5.32. The summed E-state index contributed by atoms with van der Waals surface area (Å²) in [4.78, 5) is 23.6. The lowest BCUT2D eigenvalue weighted by Crippen LogP contribution is -2.29. The molecule has 1 heterocycles. The Kier molecular flexibility index (Phi) is 3.08. The molecule has 0 spiro atoms. The van der Waals surface area contributed by atoms with Crippen LogP contribution < -0.4 is 11.1 Å². The number of nitrogens with zero attached hydrogens (tertiary/aromatic N) is 1. The number of amides is 2. The van der Waals surface area contributed by atoms with Crippen molar-refractivity contribution in [2.45, 2.75) is 6.42 Å². The van der Waals surface area contributed by atoms with Gasteiger partial charge in [-0.15, -0.1) is 0 Å². The van der Waals surface area contributed by atoms with Gasteiger partial charge in [0.15, 0.2) is 5.70 Å². The number of carbonyl (C=O) groups is 2. The van der Waals surface area contributed by atoms with Crippen LogP contribution in [0.25, 0.3) is 0 Å². The van der Waals surface area contributed by atoms with Crippen molar-refractivity contribution in [1.82, 2.24) is 10.2 Å². The van der Waals surface area contributed by atoms with E-state index in [1.807, 2.05) is 5.32 Å². The zero-order valence-electron chi connectivity index (χ0n) is 7.91. The average Bonchev–Trinajstić information content (AvgIpc) is 2.38. The summed E-state index contributed by atoms with van der Waals surface area (Å²) in [6, 6.07) is 0. The highest BCUT2D eigenvalue weighted by atomic mass is 16.3. The lowest BCUT2D eigenvalue weighted by Gasteiger charge is -2.17. The van der Waals surface area contributed by atoms with Crippen molar-refractivity contribution < 1.29 is 14.7 Å². The normalized spacial score (nSPS) is 16.1. The molecule has 0 bridgehead atoms. The van der Waals surface area contributed by atoms with Crippen molar-refractivity contribution in [3.8, 4) is 0 Å². The van der Waals surface area contributed by atoms with Gasteiger partial charge < -0.3 is 15.7 Å². The number of carbonyl (C=O) groups excluding carboxylic acids is 2. The molecule has 1 aliphatic rings. The molecule has 0 unspecified atom stereocenters. The van der Waals surface area contributed by atoms with E-state index in [-0.39, 0.29) is 5.70 Å². The summed E-state index contributed by atoms with van der Waals surface area (Å²) < 4.78 is 0. The zero-order valence-corrected chi connectivity index (χ0v) is 7.91. The van der Waals surface area contributed by atoms with Crippen LogP contribution in [0.3, 0.4) is 0 Å². The van der Waals surface area contributed by atoms with Gasteiger partial charge in [0.05, 0.1) is 0 Å². The molecule has 0 atom stereocenters. The Bertz CT molecular complexity index is 298. The summed E-state index contributed by atoms with van der Waals surface area (Å²) in [6.07, 6.45) is 0.689. The molecule has 4 N–H and O–H groups in total. The van der Waals surface area contributed by atoms with E-state index < -0.39 is 17.6 Å². The van der Waals surface area contributed by atoms with Crippen LogP contribution in [0, 0.1) is 0 Å². The first kappa shape index (κ1) is 10.5. The topological polar surface area (TPSA) is 95.7 Å². The Morgan fingerprint density at radius 3 is 2.50 bits per heavy atom. The van der Waals surface area contributed by atoms with Crippen LogP contribution in [0.5, 0.6) is 0 Å². The third-order valence-corrected chi connectivity index (χ3v) is 1.96. The highest BCUT2D eigenvalue weighted by Crippen LogP contribution is 2.13. The van der Waals surface area contributed by atoms with Gasteiger partial charge in [0.1, 0.15) is 0 Å². The molecule has 6 heteroatoms. The molecule has 1 aliphatic heterocycles. The van der Waals surface area contributed by atoms with Gasteiger partial charge in [-0.3, -0.25) is 14.9 Å². The molecular weight excluding hydrogens is 186 g/mol. The molecule has 0 aliphatic carbocycles. The maximum absolute atomic E-state index is 11.2. The van der Waals surface area contributed by atoms with E-state index >= 15 is 0 Å². The predicted octanol–water partition coefficient (Wildman–Crippen LogP) is -1.31. The van der Waals surface area contributed by atoms with Crippen molar-refractivity contribution in [1.29, 1.82) is 0 Å². The molecule has 0 aromatic carbocycles. The quantitative estimate of drug-likeness (QED) is 0.489. The maximum atomic E-state index is 11.2. The van der Waals surface area contributed by atoms with Gasteiger partial charge in [-0.05, 0) is 13.0 Å². The molecular formula is C8H13N3O3. The van der Waals surface area contributed by atoms with Crippen LogP contribution in [0.4, 0.5) is 0 Å². The fraction of sp³-hybridized carbons (Fsp3) is 0.500. The standard InChI is InChI=1S/C8H13N3O3/c1-11(4-2-3-9)5-6(12)8(14)10-7(5)13/h2-4,9H2,1H3,(H2,10,12,13,14). The number of aliphatic hydroxyl groups excluding tert-OH is 1. The smallest absolute Gasteiger partial charge is 0.295 e. The lowest BCUT2D eigenvalue weighted by atomic mass is 10.3. The summed E-state index contributed by atoms with van der Waals surface area (Å²) in [5.74, 6) is -1.83. The molecule has 6 nitrogen and oxygen atoms in total. The van der Waals surface area contributed by atoms with Crippen LogP contribution in [0.1, 0.15) is 6.42 Å². The maximum Gasteiger partial charge on any atom is 0.295 e. The number of aliphatic hydroxyl groups is 1. The van der Waals surface area contributed by atoms with Gasteiger partial charge >= 0.3 is 0 Å². The van der Waals surface area contributed by atoms with Crippen molar-refractivity contribution in [2.24, 2.45) is 5.73 Å². The Balaban J connectivity index is 2.75. The fourth-order valence-corrected chi connectivity index (χ4v) is 1.23. The molecule has 14 heavy (non-hydrogen) atoms. The largest absolute Gasteiger partial charge is 0.501 e. The number of nitrogens with two attached hydrogens (primary N) is 1. The highest BCUT2D eigenvalue weighted by Gasteiger charge is 2.32. The Hall–Kier alpha value is -1.56. The summed E-state index contributed by atoms with van der Waals surface area (Å²) in [5, 5.41) is 11.3. The van der Waals surface area contributed by atoms with Crippen molar-refractivity contribution in [3.63, 3.8) is 0 Å². The number of imide groups is 1. The summed E-state index contributed by atoms with van der Waals surface area (Å²) in [7, 11) is 1.62. The number of nitrogens with one attached hydrogen (secondary N) is 1. The Morgan fingerprint density at radius 1 is 1.43 bits per heavy atom. The van der Waals surface area contributed by atoms with E-state index in [1.165, 1.54) is 4.90 Å². The molecule has 0 saturated heterocycles. The molecule has 0 fully saturated rings. The molecule has 0 aromatic heterocycles. The fourth-order valence-electron chi connectivity index (χ4n) is 1.23. The zero-order chi connectivity index (χ0) is 10.7. The Morgan fingerprint density at radius 2 is 2.07 bits per heavy atom. The first-order valence-corrected chi connectivity index (χ1v) is 4.28. The average molecular weight is 199 g/mol. The van der Waals surface area contributed by atoms with Crippen LogP contribution in [-0.4, -0.2) is 42.0 Å². The number of likely N-dealkylation sites (N-methyl/N-ethyl adjacent to an activating group) is 1. The van der Waals surface area contributed by atoms with E-state index in [9.17, 15) is 14.7 Å². The molecule has 0 radical (unpaired) electrons. The molecule has 0 saturated carbocycles. The number of hydrogen-bond acceptors (Lipinski definition) is 5. The van der Waals surface area contributed by atoms with E-state index in [0.29, 0.717) is 19.5 Å². The minimum atomic E-state index is -0.746. The van der Waals surface area contributed by atoms with E-state index in [2.05, 4.69) is 0 Å². The SMILES string of the molecule is CN(CCCN)C1=C(O)C(=O)NC1=O. The number of rotatable bonds is 4. The highest BCUT2D eigenvalue weighted by molar-refractivity contribution is 6.17. The minimum Gasteiger partial charge on any atom is -0.501 e. The predicted molar refractivity (Wildman–Crippen MR) is 49.1 cm³/mol. The molecule has 0 aromatic rings. The number of hydrogen-bond donors (Lipinski definition) is 3. The monoisotopic (exact) mass is 199 g/mol. The molecule has 2 amide bonds. The Labute approximate surface area is 81.4 Å². The first-order valence-electron chi connectivity index (χ1n) is 4.28. The van der Waals surface area contributed by atoms with Crippen molar-refractivity contribution in [3.05, 3.63) is 11.5 Å². The first-order chi connectivity index (χ1) is 6.57. The van der Waals surface area contributed by atoms with Gasteiger partial charge in [-0.25, -0.2) is 0 Å². The van der Waals surface area contributed by atoms with Gasteiger partial charge in [0.2, 0.25) is 5.76 Å². The van der Waals surface area contributed by atoms with E-state index in [4.69, 9.17) is 5.73 Å². The second kappa shape index (κ2) is 4.10. The van der Waals surface area contributed by atoms with Crippen LogP contribution >= 0.6 is 0 Å². The van der Waals surface area contributed by atoms with Gasteiger partial charge in [0, 0.05) is 13.6 Å². The molecule has 78 valence electrons. The van der Waals surface area contributed by atoms with Crippen LogP contribution in [-0.2, 0) is 9.59 Å². The minimum absolute atomic E-state index is 0.0171. The third kappa shape index (κ3) is 1.85. The van der Waals surface area contributed by atoms with Crippen molar-refractivity contribution in [2.75, 3.05) is 20.1 Å². The molecule has 1 rings (SSSR count). The van der Waals surface area contributed by atoms with Gasteiger partial charge in [0.25, 0.3) is 11.8 Å². The summed E-state index contributed by atoms with van der Waals surface area (Å²) in [6.45, 7) is 1.02.